The number of anilines is 1. The second-order valence-corrected chi connectivity index (χ2v) is 11.3. The highest BCUT2D eigenvalue weighted by Gasteiger charge is 2.50. The highest BCUT2D eigenvalue weighted by atomic mass is 31.3. The van der Waals surface area contributed by atoms with E-state index >= 15 is 0 Å². The molecule has 192 valence electrons. The van der Waals surface area contributed by atoms with E-state index in [1.54, 1.807) is 0 Å². The highest BCUT2D eigenvalue weighted by Crippen LogP contribution is 2.66. The number of methoxy groups -OCH3 is 1. The number of nitrogens with two attached hydrogens (primary N) is 1. The standard InChI is InChI=1S/C12H20N5O14P3/c1-16-4-17(9-6(16)10(19)15-12(13)14-9)11-8(27-2)7(18)5(29-11)3-28-33(23,24)31-34(25,26)30-32(20,21)22/h4-5,7-8,11,18H,3H2,1-2H3,(H6-,13,14,15,19,20,21,22,23,24,25,26)/p+1/t5-,7-,8-,11-/m1/s1. The summed E-state index contributed by atoms with van der Waals surface area (Å²) >= 11 is 0. The molecular formula is C12H21N5O14P3+. The third kappa shape index (κ3) is 5.98. The lowest BCUT2D eigenvalue weighted by atomic mass is 10.1. The number of phosphoric ester groups is 1. The van der Waals surface area contributed by atoms with E-state index < -0.39 is 60.2 Å². The lowest BCUT2D eigenvalue weighted by molar-refractivity contribution is -0.646. The molecule has 0 aromatic carbocycles. The van der Waals surface area contributed by atoms with Crippen LogP contribution in [0.25, 0.3) is 11.2 Å². The molecule has 0 spiro atoms. The number of nitrogens with one attached hydrogen (secondary N) is 1. The molecule has 3 rings (SSSR count). The smallest absolute Gasteiger partial charge is 0.387 e. The lowest BCUT2D eigenvalue weighted by Gasteiger charge is -2.19. The fourth-order valence-electron chi connectivity index (χ4n) is 3.26. The number of aryl methyl sites for hydroxylation is 1. The third-order valence-electron chi connectivity index (χ3n) is 4.47. The summed E-state index contributed by atoms with van der Waals surface area (Å²) in [6.07, 6.45) is -3.74. The summed E-state index contributed by atoms with van der Waals surface area (Å²) in [6.45, 7) is -0.914. The van der Waals surface area contributed by atoms with Crippen molar-refractivity contribution in [3.05, 3.63) is 16.7 Å². The van der Waals surface area contributed by atoms with Crippen LogP contribution < -0.4 is 15.9 Å². The molecule has 22 heteroatoms. The molecule has 0 bridgehead atoms. The van der Waals surface area contributed by atoms with Crippen LogP contribution >= 0.6 is 23.5 Å². The summed E-state index contributed by atoms with van der Waals surface area (Å²) in [7, 11) is -13.9. The van der Waals surface area contributed by atoms with Crippen LogP contribution in [0.5, 0.6) is 0 Å². The number of hydrogen-bond donors (Lipinski definition) is 7. The Morgan fingerprint density at radius 1 is 1.24 bits per heavy atom. The molecule has 2 unspecified atom stereocenters. The van der Waals surface area contributed by atoms with Gasteiger partial charge in [0.15, 0.2) is 6.10 Å². The number of aromatic amines is 1. The van der Waals surface area contributed by atoms with Gasteiger partial charge in [0.05, 0.1) is 13.7 Å². The van der Waals surface area contributed by atoms with Crippen molar-refractivity contribution in [1.29, 1.82) is 0 Å². The number of H-pyrrole nitrogens is 1. The summed E-state index contributed by atoms with van der Waals surface area (Å²) in [4.78, 5) is 54.5. The topological polar surface area (TPSA) is 279 Å². The van der Waals surface area contributed by atoms with Crippen molar-refractivity contribution in [2.75, 3.05) is 19.5 Å². The maximum Gasteiger partial charge on any atom is 0.490 e. The Labute approximate surface area is 189 Å². The number of aliphatic hydroxyl groups is 1. The van der Waals surface area contributed by atoms with Gasteiger partial charge in [0.2, 0.25) is 18.5 Å². The number of aromatic nitrogens is 4. The van der Waals surface area contributed by atoms with Crippen molar-refractivity contribution in [2.24, 2.45) is 7.05 Å². The van der Waals surface area contributed by atoms with Gasteiger partial charge in [-0.3, -0.25) is 14.3 Å². The molecule has 0 saturated carbocycles. The zero-order chi connectivity index (χ0) is 25.6. The van der Waals surface area contributed by atoms with E-state index in [0.29, 0.717) is 0 Å². The van der Waals surface area contributed by atoms with Gasteiger partial charge in [-0.25, -0.2) is 18.3 Å². The first kappa shape index (κ1) is 27.0. The average molecular weight is 552 g/mol. The van der Waals surface area contributed by atoms with Crippen LogP contribution in [0.3, 0.4) is 0 Å². The molecule has 1 aliphatic heterocycles. The van der Waals surface area contributed by atoms with E-state index in [-0.39, 0.29) is 17.1 Å². The lowest BCUT2D eigenvalue weighted by Crippen LogP contribution is -2.35. The summed E-state index contributed by atoms with van der Waals surface area (Å²) in [5, 5.41) is 10.5. The van der Waals surface area contributed by atoms with Gasteiger partial charge in [0.1, 0.15) is 12.2 Å². The SMILES string of the molecule is CO[C@@H]1[C@H](O)[C@@H](COP(=O)(O)OP(=O)(O)OP(=O)(O)O)O[C@H]1n1c[n+](C)c2c(=O)[nH]c(N)nc21. The van der Waals surface area contributed by atoms with E-state index in [1.807, 2.05) is 0 Å². The monoisotopic (exact) mass is 552 g/mol. The van der Waals surface area contributed by atoms with Crippen LogP contribution in [0.4, 0.5) is 5.95 Å². The molecule has 19 nitrogen and oxygen atoms in total. The molecule has 1 saturated heterocycles. The van der Waals surface area contributed by atoms with Gasteiger partial charge in [-0.05, 0) is 0 Å². The van der Waals surface area contributed by atoms with Gasteiger partial charge in [-0.2, -0.15) is 18.2 Å². The van der Waals surface area contributed by atoms with Crippen molar-refractivity contribution >= 4 is 40.6 Å². The average Bonchev–Trinajstić information content (AvgIpc) is 3.13. The van der Waals surface area contributed by atoms with Crippen molar-refractivity contribution in [3.63, 3.8) is 0 Å². The molecule has 6 atom stereocenters. The fourth-order valence-corrected chi connectivity index (χ4v) is 6.29. The number of hydrogen-bond acceptors (Lipinski definition) is 12. The first-order valence-electron chi connectivity index (χ1n) is 8.94. The quantitative estimate of drug-likeness (QED) is 0.128. The van der Waals surface area contributed by atoms with E-state index in [0.717, 1.165) is 0 Å². The van der Waals surface area contributed by atoms with Gasteiger partial charge < -0.3 is 39.9 Å². The Balaban J connectivity index is 1.80. The summed E-state index contributed by atoms with van der Waals surface area (Å²) in [5.41, 5.74) is 5.22. The largest absolute Gasteiger partial charge is 0.490 e. The Bertz CT molecular complexity index is 1270. The Kier molecular flexibility index (Phi) is 7.54. The van der Waals surface area contributed by atoms with Crippen molar-refractivity contribution < 1.29 is 65.6 Å². The van der Waals surface area contributed by atoms with Gasteiger partial charge in [-0.15, -0.1) is 0 Å². The predicted molar refractivity (Wildman–Crippen MR) is 106 cm³/mol. The van der Waals surface area contributed by atoms with Gasteiger partial charge in [0, 0.05) is 7.11 Å². The molecule has 1 aliphatic rings. The number of ether oxygens (including phenoxy) is 2. The Morgan fingerprint density at radius 3 is 2.47 bits per heavy atom. The number of phosphoric acid groups is 3. The Morgan fingerprint density at radius 2 is 1.88 bits per heavy atom. The zero-order valence-electron chi connectivity index (χ0n) is 17.3. The number of imidazole rings is 1. The summed E-state index contributed by atoms with van der Waals surface area (Å²) in [5.74, 6) is -0.200. The molecule has 2 aromatic heterocycles. The Hall–Kier alpha value is -1.56. The van der Waals surface area contributed by atoms with Crippen LogP contribution in [-0.2, 0) is 43.4 Å². The minimum Gasteiger partial charge on any atom is -0.387 e. The van der Waals surface area contributed by atoms with Crippen molar-refractivity contribution in [1.82, 2.24) is 14.5 Å². The molecule has 34 heavy (non-hydrogen) atoms. The van der Waals surface area contributed by atoms with Crippen LogP contribution in [-0.4, -0.2) is 71.2 Å². The van der Waals surface area contributed by atoms with Crippen molar-refractivity contribution in [3.8, 4) is 0 Å². The number of rotatable bonds is 9. The molecule has 2 aromatic rings. The molecule has 0 amide bonds. The maximum absolute atomic E-state index is 12.2. The predicted octanol–water partition coefficient (Wildman–Crippen LogP) is -2.25. The number of nitrogens with zero attached hydrogens (tertiary/aromatic N) is 3. The molecule has 3 heterocycles. The number of aliphatic hydroxyl groups excluding tert-OH is 1. The molecule has 0 aliphatic carbocycles. The van der Waals surface area contributed by atoms with Gasteiger partial charge in [-0.1, -0.05) is 0 Å². The van der Waals surface area contributed by atoms with Crippen LogP contribution in [0.2, 0.25) is 0 Å². The molecular weight excluding hydrogens is 531 g/mol. The molecule has 1 fully saturated rings. The summed E-state index contributed by atoms with van der Waals surface area (Å²) in [6, 6.07) is 0. The highest BCUT2D eigenvalue weighted by molar-refractivity contribution is 7.66. The molecule has 8 N–H and O–H groups in total. The van der Waals surface area contributed by atoms with E-state index in [1.165, 1.54) is 29.6 Å². The number of fused-ring (bicyclic) bond motifs is 1. The molecule has 0 radical (unpaired) electrons. The first-order valence-corrected chi connectivity index (χ1v) is 13.5. The van der Waals surface area contributed by atoms with E-state index in [4.69, 9.17) is 25.0 Å². The third-order valence-corrected chi connectivity index (χ3v) is 8.27. The van der Waals surface area contributed by atoms with E-state index in [2.05, 4.69) is 23.1 Å². The minimum absolute atomic E-state index is 0.0662. The van der Waals surface area contributed by atoms with Crippen molar-refractivity contribution in [2.45, 2.75) is 24.5 Å². The first-order chi connectivity index (χ1) is 15.5. The van der Waals surface area contributed by atoms with E-state index in [9.17, 15) is 33.4 Å². The second kappa shape index (κ2) is 9.48. The number of nitrogen functional groups attached to an aromatic ring is 1. The van der Waals surface area contributed by atoms with Crippen LogP contribution in [0.15, 0.2) is 11.1 Å². The van der Waals surface area contributed by atoms with Crippen LogP contribution in [0.1, 0.15) is 6.23 Å². The van der Waals surface area contributed by atoms with Gasteiger partial charge >= 0.3 is 29.0 Å². The second-order valence-electron chi connectivity index (χ2n) is 6.90. The van der Waals surface area contributed by atoms with Crippen LogP contribution in [0, 0.1) is 0 Å². The minimum atomic E-state index is -5.71. The maximum atomic E-state index is 12.2. The van der Waals surface area contributed by atoms with Gasteiger partial charge in [0.25, 0.3) is 11.2 Å². The fraction of sp³-hybridized carbons (Fsp3) is 0.583. The normalized spacial score (nSPS) is 27.0. The zero-order valence-corrected chi connectivity index (χ0v) is 19.9. The summed E-state index contributed by atoms with van der Waals surface area (Å²) < 4.78 is 59.4.